The van der Waals surface area contributed by atoms with E-state index in [1.54, 1.807) is 12.4 Å². The zero-order valence-electron chi connectivity index (χ0n) is 13.1. The van der Waals surface area contributed by atoms with Crippen LogP contribution in [-0.4, -0.2) is 22.0 Å². The van der Waals surface area contributed by atoms with E-state index in [1.165, 1.54) is 29.7 Å². The summed E-state index contributed by atoms with van der Waals surface area (Å²) in [6.45, 7) is 0.206. The molecule has 0 spiro atoms. The molecular formula is C18H15N3O4. The highest BCUT2D eigenvalue weighted by Crippen LogP contribution is 2.17. The summed E-state index contributed by atoms with van der Waals surface area (Å²) >= 11 is 0. The van der Waals surface area contributed by atoms with Crippen molar-refractivity contribution in [1.82, 2.24) is 15.9 Å². The molecule has 0 aliphatic rings. The molecule has 0 saturated carbocycles. The van der Waals surface area contributed by atoms with Gasteiger partial charge in [0.25, 0.3) is 11.8 Å². The molecule has 25 heavy (non-hydrogen) atoms. The van der Waals surface area contributed by atoms with E-state index in [2.05, 4.69) is 10.5 Å². The zero-order chi connectivity index (χ0) is 17.6. The first-order chi connectivity index (χ1) is 12.2. The summed E-state index contributed by atoms with van der Waals surface area (Å²) in [5, 5.41) is 10.6. The fourth-order valence-corrected chi connectivity index (χ4v) is 2.39. The lowest BCUT2D eigenvalue weighted by Crippen LogP contribution is -2.24. The van der Waals surface area contributed by atoms with Gasteiger partial charge in [0.1, 0.15) is 6.61 Å². The van der Waals surface area contributed by atoms with Gasteiger partial charge in [-0.25, -0.2) is 11.0 Å². The third kappa shape index (κ3) is 3.79. The number of nitrogens with zero attached hydrogens (tertiary/aromatic N) is 1. The molecule has 0 fully saturated rings. The largest absolute Gasteiger partial charge is 0.288 e. The molecule has 0 aliphatic carbocycles. The first-order valence-electron chi connectivity index (χ1n) is 7.47. The van der Waals surface area contributed by atoms with Gasteiger partial charge < -0.3 is 0 Å². The van der Waals surface area contributed by atoms with Gasteiger partial charge in [0.05, 0.1) is 0 Å². The number of benzene rings is 2. The van der Waals surface area contributed by atoms with E-state index in [9.17, 15) is 9.59 Å². The number of hydrogen-bond acceptors (Lipinski definition) is 5. The third-order valence-corrected chi connectivity index (χ3v) is 3.67. The van der Waals surface area contributed by atoms with Crippen LogP contribution in [0, 0.1) is 0 Å². The normalized spacial score (nSPS) is 10.4. The molecule has 7 heteroatoms. The van der Waals surface area contributed by atoms with E-state index in [1.807, 2.05) is 24.3 Å². The van der Waals surface area contributed by atoms with Crippen molar-refractivity contribution < 1.29 is 19.6 Å². The third-order valence-electron chi connectivity index (χ3n) is 3.67. The highest BCUT2D eigenvalue weighted by atomic mass is 16.6. The van der Waals surface area contributed by atoms with Crippen LogP contribution in [0.25, 0.3) is 10.8 Å². The van der Waals surface area contributed by atoms with Gasteiger partial charge in [-0.3, -0.25) is 24.6 Å². The lowest BCUT2D eigenvalue weighted by molar-refractivity contribution is 0.0237. The highest BCUT2D eigenvalue weighted by molar-refractivity contribution is 5.97. The molecule has 0 atom stereocenters. The minimum atomic E-state index is -0.645. The summed E-state index contributed by atoms with van der Waals surface area (Å²) in [4.78, 5) is 32.7. The number of rotatable bonds is 5. The molecule has 0 unspecified atom stereocenters. The first kappa shape index (κ1) is 16.6. The minimum absolute atomic E-state index is 0.206. The Labute approximate surface area is 143 Å². The Balaban J connectivity index is 1.61. The van der Waals surface area contributed by atoms with Crippen LogP contribution in [-0.2, 0) is 11.4 Å². The van der Waals surface area contributed by atoms with Crippen molar-refractivity contribution in [2.75, 3.05) is 0 Å². The summed E-state index contributed by atoms with van der Waals surface area (Å²) in [6.07, 6.45) is 3.47. The second-order valence-corrected chi connectivity index (χ2v) is 5.25. The van der Waals surface area contributed by atoms with Crippen molar-refractivity contribution in [2.24, 2.45) is 0 Å². The van der Waals surface area contributed by atoms with Gasteiger partial charge in [0.2, 0.25) is 0 Å². The Morgan fingerprint density at radius 2 is 1.72 bits per heavy atom. The molecule has 0 radical (unpaired) electrons. The summed E-state index contributed by atoms with van der Waals surface area (Å²) in [5.74, 6) is -1.08. The standard InChI is InChI=1S/C18H15N3O4/c22-17(20-24)12-4-6-13(7-5-12)18(23)21-25-11-15-3-1-2-14-10-19-9-8-16(14)15/h1-10,24H,11H2,(H,20,22)(H,21,23). The van der Waals surface area contributed by atoms with Gasteiger partial charge in [-0.1, -0.05) is 18.2 Å². The summed E-state index contributed by atoms with van der Waals surface area (Å²) < 4.78 is 0. The molecule has 0 aliphatic heterocycles. The number of nitrogens with one attached hydrogen (secondary N) is 2. The lowest BCUT2D eigenvalue weighted by Gasteiger charge is -2.08. The molecule has 1 heterocycles. The fraction of sp³-hybridized carbons (Fsp3) is 0.0556. The molecule has 1 aromatic heterocycles. The van der Waals surface area contributed by atoms with Crippen molar-refractivity contribution in [2.45, 2.75) is 6.61 Å². The SMILES string of the molecule is O=C(NO)c1ccc(C(=O)NOCc2cccc3cnccc23)cc1. The number of carbonyl (C=O) groups excluding carboxylic acids is 2. The molecule has 7 nitrogen and oxygen atoms in total. The summed E-state index contributed by atoms with van der Waals surface area (Å²) in [7, 11) is 0. The maximum Gasteiger partial charge on any atom is 0.274 e. The van der Waals surface area contributed by atoms with Crippen molar-refractivity contribution in [3.8, 4) is 0 Å². The predicted molar refractivity (Wildman–Crippen MR) is 89.7 cm³/mol. The molecule has 2 aromatic carbocycles. The van der Waals surface area contributed by atoms with Crippen LogP contribution >= 0.6 is 0 Å². The number of amides is 2. The van der Waals surface area contributed by atoms with Crippen molar-refractivity contribution in [1.29, 1.82) is 0 Å². The van der Waals surface area contributed by atoms with E-state index in [0.29, 0.717) is 5.56 Å². The Morgan fingerprint density at radius 1 is 1.00 bits per heavy atom. The Kier molecular flexibility index (Phi) is 4.98. The Morgan fingerprint density at radius 3 is 2.44 bits per heavy atom. The van der Waals surface area contributed by atoms with Crippen LogP contribution in [0.2, 0.25) is 0 Å². The molecule has 3 aromatic rings. The van der Waals surface area contributed by atoms with Crippen molar-refractivity contribution in [3.05, 3.63) is 77.6 Å². The average molecular weight is 337 g/mol. The van der Waals surface area contributed by atoms with Crippen LogP contribution in [0.1, 0.15) is 26.3 Å². The zero-order valence-corrected chi connectivity index (χ0v) is 13.1. The summed E-state index contributed by atoms with van der Waals surface area (Å²) in [6, 6.07) is 13.4. The number of carbonyl (C=O) groups is 2. The highest BCUT2D eigenvalue weighted by Gasteiger charge is 2.09. The van der Waals surface area contributed by atoms with Gasteiger partial charge >= 0.3 is 0 Å². The van der Waals surface area contributed by atoms with Gasteiger partial charge in [-0.15, -0.1) is 0 Å². The van der Waals surface area contributed by atoms with Crippen LogP contribution in [0.5, 0.6) is 0 Å². The van der Waals surface area contributed by atoms with Gasteiger partial charge in [-0.2, -0.15) is 0 Å². The monoisotopic (exact) mass is 337 g/mol. The predicted octanol–water partition coefficient (Wildman–Crippen LogP) is 2.22. The van der Waals surface area contributed by atoms with Crippen LogP contribution in [0.4, 0.5) is 0 Å². The first-order valence-corrected chi connectivity index (χ1v) is 7.47. The van der Waals surface area contributed by atoms with E-state index in [4.69, 9.17) is 10.0 Å². The van der Waals surface area contributed by atoms with Gasteiger partial charge in [-0.05, 0) is 41.3 Å². The number of fused-ring (bicyclic) bond motifs is 1. The summed E-state index contributed by atoms with van der Waals surface area (Å²) in [5.41, 5.74) is 5.40. The van der Waals surface area contributed by atoms with Gasteiger partial charge in [0, 0.05) is 28.9 Å². The van der Waals surface area contributed by atoms with Crippen molar-refractivity contribution in [3.63, 3.8) is 0 Å². The lowest BCUT2D eigenvalue weighted by atomic mass is 10.1. The molecule has 3 rings (SSSR count). The van der Waals surface area contributed by atoms with E-state index >= 15 is 0 Å². The van der Waals surface area contributed by atoms with Crippen LogP contribution in [0.3, 0.4) is 0 Å². The maximum atomic E-state index is 12.1. The molecule has 3 N–H and O–H groups in total. The average Bonchev–Trinajstić information content (AvgIpc) is 2.67. The smallest absolute Gasteiger partial charge is 0.274 e. The van der Waals surface area contributed by atoms with E-state index in [0.717, 1.165) is 16.3 Å². The molecular weight excluding hydrogens is 322 g/mol. The van der Waals surface area contributed by atoms with Gasteiger partial charge in [0.15, 0.2) is 0 Å². The van der Waals surface area contributed by atoms with Crippen LogP contribution in [0.15, 0.2) is 60.9 Å². The second kappa shape index (κ2) is 7.52. The fourth-order valence-electron chi connectivity index (χ4n) is 2.39. The molecule has 0 saturated heterocycles. The van der Waals surface area contributed by atoms with Crippen molar-refractivity contribution >= 4 is 22.6 Å². The number of aromatic nitrogens is 1. The van der Waals surface area contributed by atoms with Crippen LogP contribution < -0.4 is 11.0 Å². The minimum Gasteiger partial charge on any atom is -0.288 e. The number of hydrogen-bond donors (Lipinski definition) is 3. The molecule has 0 bridgehead atoms. The second-order valence-electron chi connectivity index (χ2n) is 5.25. The topological polar surface area (TPSA) is 101 Å². The maximum absolute atomic E-state index is 12.1. The molecule has 126 valence electrons. The molecule has 2 amide bonds. The Hall–Kier alpha value is -3.29. The quantitative estimate of drug-likeness (QED) is 0.489. The van der Waals surface area contributed by atoms with E-state index in [-0.39, 0.29) is 12.2 Å². The number of hydroxylamine groups is 2. The Bertz CT molecular complexity index is 904. The van der Waals surface area contributed by atoms with E-state index < -0.39 is 11.8 Å². The number of pyridine rings is 1.